The molecule has 1 unspecified atom stereocenters. The maximum Gasteiger partial charge on any atom is 0.326 e. The normalized spacial score (nSPS) is 21.4. The van der Waals surface area contributed by atoms with Crippen LogP contribution < -0.4 is 5.32 Å². The van der Waals surface area contributed by atoms with Gasteiger partial charge < -0.3 is 15.3 Å². The van der Waals surface area contributed by atoms with E-state index < -0.39 is 12.0 Å². The summed E-state index contributed by atoms with van der Waals surface area (Å²) >= 11 is 0. The van der Waals surface area contributed by atoms with Gasteiger partial charge in [-0.2, -0.15) is 0 Å². The Morgan fingerprint density at radius 2 is 1.84 bits per heavy atom. The van der Waals surface area contributed by atoms with Gasteiger partial charge in [0.1, 0.15) is 6.04 Å². The highest BCUT2D eigenvalue weighted by Gasteiger charge is 2.37. The molecule has 0 bridgehead atoms. The fourth-order valence-electron chi connectivity index (χ4n) is 3.32. The molecule has 1 saturated carbocycles. The first-order valence-electron chi connectivity index (χ1n) is 8.90. The molecule has 2 aliphatic rings. The molecule has 1 saturated heterocycles. The molecular weight excluding hydrogens is 320 g/mol. The van der Waals surface area contributed by atoms with Gasteiger partial charge in [-0.15, -0.1) is 0 Å². The van der Waals surface area contributed by atoms with Crippen LogP contribution >= 0.6 is 0 Å². The Hall–Kier alpha value is -2.37. The van der Waals surface area contributed by atoms with Gasteiger partial charge in [0, 0.05) is 25.4 Å². The van der Waals surface area contributed by atoms with E-state index in [9.17, 15) is 19.5 Å². The highest BCUT2D eigenvalue weighted by Crippen LogP contribution is 2.32. The van der Waals surface area contributed by atoms with Crippen LogP contribution in [0.25, 0.3) is 0 Å². The predicted molar refractivity (Wildman–Crippen MR) is 91.7 cm³/mol. The summed E-state index contributed by atoms with van der Waals surface area (Å²) in [5, 5.41) is 12.1. The number of carbonyl (C=O) groups excluding carboxylic acids is 2. The number of likely N-dealkylation sites (tertiary alicyclic amines) is 1. The van der Waals surface area contributed by atoms with Crippen molar-refractivity contribution in [2.75, 3.05) is 13.1 Å². The second kappa shape index (κ2) is 7.68. The molecule has 1 aliphatic carbocycles. The largest absolute Gasteiger partial charge is 0.480 e. The maximum atomic E-state index is 12.5. The van der Waals surface area contributed by atoms with E-state index in [2.05, 4.69) is 5.32 Å². The number of carboxylic acids is 1. The topological polar surface area (TPSA) is 86.7 Å². The van der Waals surface area contributed by atoms with Crippen LogP contribution in [-0.2, 0) is 20.8 Å². The fraction of sp³-hybridized carbons (Fsp3) is 0.526. The standard InChI is InChI=1S/C19H24N2O4/c22-17(15-7-4-10-21(12-15)18(23)14-8-9-14)20-16(19(24)25)11-13-5-2-1-3-6-13/h1-3,5-6,14-16H,4,7-12H2,(H,20,22)(H,24,25)/t15?,16-/m1/s1. The monoisotopic (exact) mass is 344 g/mol. The summed E-state index contributed by atoms with van der Waals surface area (Å²) < 4.78 is 0. The Balaban J connectivity index is 1.58. The van der Waals surface area contributed by atoms with Gasteiger partial charge in [0.15, 0.2) is 0 Å². The molecule has 0 radical (unpaired) electrons. The zero-order valence-corrected chi connectivity index (χ0v) is 14.2. The number of nitrogens with one attached hydrogen (secondary N) is 1. The molecular formula is C19H24N2O4. The molecule has 0 spiro atoms. The molecule has 25 heavy (non-hydrogen) atoms. The maximum absolute atomic E-state index is 12.5. The van der Waals surface area contributed by atoms with Crippen molar-refractivity contribution in [1.82, 2.24) is 10.2 Å². The van der Waals surface area contributed by atoms with Crippen LogP contribution in [0.1, 0.15) is 31.2 Å². The van der Waals surface area contributed by atoms with E-state index in [1.54, 1.807) is 4.90 Å². The lowest BCUT2D eigenvalue weighted by Gasteiger charge is -2.32. The van der Waals surface area contributed by atoms with E-state index in [-0.39, 0.29) is 30.1 Å². The molecule has 2 fully saturated rings. The molecule has 6 nitrogen and oxygen atoms in total. The van der Waals surface area contributed by atoms with Crippen molar-refractivity contribution in [1.29, 1.82) is 0 Å². The molecule has 6 heteroatoms. The van der Waals surface area contributed by atoms with Gasteiger partial charge in [-0.25, -0.2) is 4.79 Å². The number of nitrogens with zero attached hydrogens (tertiary/aromatic N) is 1. The van der Waals surface area contributed by atoms with Crippen molar-refractivity contribution in [3.63, 3.8) is 0 Å². The van der Waals surface area contributed by atoms with Crippen molar-refractivity contribution in [3.8, 4) is 0 Å². The zero-order chi connectivity index (χ0) is 17.8. The summed E-state index contributed by atoms with van der Waals surface area (Å²) in [4.78, 5) is 38.0. The zero-order valence-electron chi connectivity index (χ0n) is 14.2. The minimum absolute atomic E-state index is 0.145. The molecule has 0 aromatic heterocycles. The molecule has 1 aliphatic heterocycles. The molecule has 134 valence electrons. The summed E-state index contributed by atoms with van der Waals surface area (Å²) in [5.41, 5.74) is 0.865. The molecule has 3 rings (SSSR count). The van der Waals surface area contributed by atoms with Crippen LogP contribution in [0.2, 0.25) is 0 Å². The van der Waals surface area contributed by atoms with Crippen LogP contribution in [0.4, 0.5) is 0 Å². The quantitative estimate of drug-likeness (QED) is 0.818. The van der Waals surface area contributed by atoms with Crippen LogP contribution in [0.3, 0.4) is 0 Å². The number of hydrogen-bond acceptors (Lipinski definition) is 3. The summed E-state index contributed by atoms with van der Waals surface area (Å²) in [6.07, 6.45) is 3.62. The number of amides is 2. The first-order chi connectivity index (χ1) is 12.0. The molecule has 2 N–H and O–H groups in total. The Bertz CT molecular complexity index is 642. The van der Waals surface area contributed by atoms with Crippen molar-refractivity contribution in [2.45, 2.75) is 38.1 Å². The summed E-state index contributed by atoms with van der Waals surface area (Å²) in [7, 11) is 0. The Morgan fingerprint density at radius 1 is 1.12 bits per heavy atom. The Morgan fingerprint density at radius 3 is 2.48 bits per heavy atom. The van der Waals surface area contributed by atoms with Crippen LogP contribution in [0, 0.1) is 11.8 Å². The first-order valence-corrected chi connectivity index (χ1v) is 8.90. The van der Waals surface area contributed by atoms with Crippen LogP contribution in [-0.4, -0.2) is 46.9 Å². The number of aliphatic carboxylic acids is 1. The van der Waals surface area contributed by atoms with Gasteiger partial charge in [-0.05, 0) is 31.2 Å². The number of benzene rings is 1. The lowest BCUT2D eigenvalue weighted by molar-refractivity contribution is -0.144. The van der Waals surface area contributed by atoms with E-state index in [1.165, 1.54) is 0 Å². The third kappa shape index (κ3) is 4.59. The SMILES string of the molecule is O=C(N[C@H](Cc1ccccc1)C(=O)O)C1CCCN(C(=O)C2CC2)C1. The highest BCUT2D eigenvalue weighted by molar-refractivity contribution is 5.86. The van der Waals surface area contributed by atoms with E-state index in [0.29, 0.717) is 19.5 Å². The average Bonchev–Trinajstić information content (AvgIpc) is 3.46. The second-order valence-corrected chi connectivity index (χ2v) is 6.99. The molecule has 1 aromatic carbocycles. The van der Waals surface area contributed by atoms with E-state index >= 15 is 0 Å². The number of hydrogen-bond donors (Lipinski definition) is 2. The van der Waals surface area contributed by atoms with Crippen molar-refractivity contribution in [3.05, 3.63) is 35.9 Å². The molecule has 1 aromatic rings. The van der Waals surface area contributed by atoms with Gasteiger partial charge in [0.05, 0.1) is 5.92 Å². The lowest BCUT2D eigenvalue weighted by atomic mass is 9.95. The third-order valence-corrected chi connectivity index (χ3v) is 4.93. The van der Waals surface area contributed by atoms with Crippen LogP contribution in [0.15, 0.2) is 30.3 Å². The Labute approximate surface area is 147 Å². The van der Waals surface area contributed by atoms with Crippen molar-refractivity contribution in [2.24, 2.45) is 11.8 Å². The van der Waals surface area contributed by atoms with Gasteiger partial charge in [0.25, 0.3) is 0 Å². The van der Waals surface area contributed by atoms with Crippen molar-refractivity contribution < 1.29 is 19.5 Å². The van der Waals surface area contributed by atoms with Gasteiger partial charge >= 0.3 is 5.97 Å². The fourth-order valence-corrected chi connectivity index (χ4v) is 3.32. The minimum Gasteiger partial charge on any atom is -0.480 e. The van der Waals surface area contributed by atoms with E-state index in [1.807, 2.05) is 30.3 Å². The third-order valence-electron chi connectivity index (χ3n) is 4.93. The van der Waals surface area contributed by atoms with Gasteiger partial charge in [0.2, 0.25) is 11.8 Å². The van der Waals surface area contributed by atoms with E-state index in [0.717, 1.165) is 24.8 Å². The predicted octanol–water partition coefficient (Wildman–Crippen LogP) is 1.45. The summed E-state index contributed by atoms with van der Waals surface area (Å²) in [5.74, 6) is -1.34. The van der Waals surface area contributed by atoms with Crippen LogP contribution in [0.5, 0.6) is 0 Å². The second-order valence-electron chi connectivity index (χ2n) is 6.99. The first kappa shape index (κ1) is 17.5. The molecule has 2 amide bonds. The van der Waals surface area contributed by atoms with Gasteiger partial charge in [-0.1, -0.05) is 30.3 Å². The number of carboxylic acid groups (broad SMARTS) is 1. The highest BCUT2D eigenvalue weighted by atomic mass is 16.4. The lowest BCUT2D eigenvalue weighted by Crippen LogP contribution is -2.50. The summed E-state index contributed by atoms with van der Waals surface area (Å²) in [6, 6.07) is 8.30. The smallest absolute Gasteiger partial charge is 0.326 e. The number of carbonyl (C=O) groups is 3. The molecule has 1 heterocycles. The average molecular weight is 344 g/mol. The molecule has 2 atom stereocenters. The van der Waals surface area contributed by atoms with Crippen molar-refractivity contribution >= 4 is 17.8 Å². The number of piperidine rings is 1. The Kier molecular flexibility index (Phi) is 5.36. The van der Waals surface area contributed by atoms with Gasteiger partial charge in [-0.3, -0.25) is 9.59 Å². The van der Waals surface area contributed by atoms with E-state index in [4.69, 9.17) is 0 Å². The summed E-state index contributed by atoms with van der Waals surface area (Å²) in [6.45, 7) is 1.10. The minimum atomic E-state index is -1.04. The number of rotatable bonds is 6.